The fourth-order valence-electron chi connectivity index (χ4n) is 4.69. The van der Waals surface area contributed by atoms with Crippen LogP contribution in [0.5, 0.6) is 0 Å². The van der Waals surface area contributed by atoms with Gasteiger partial charge in [-0.1, -0.05) is 24.8 Å². The Morgan fingerprint density at radius 2 is 1.74 bits per heavy atom. The summed E-state index contributed by atoms with van der Waals surface area (Å²) in [4.78, 5) is 32.0. The van der Waals surface area contributed by atoms with E-state index in [0.29, 0.717) is 22.4 Å². The molecule has 0 saturated carbocycles. The predicted molar refractivity (Wildman–Crippen MR) is 144 cm³/mol. The average molecular weight is 534 g/mol. The number of hydrogen-bond acceptors (Lipinski definition) is 4. The van der Waals surface area contributed by atoms with Crippen LogP contribution >= 0.6 is 0 Å². The molecule has 0 aliphatic carbocycles. The molecule has 0 unspecified atom stereocenters. The molecule has 3 aromatic carbocycles. The summed E-state index contributed by atoms with van der Waals surface area (Å²) in [5, 5.41) is 5.40. The number of carbonyl (C=O) groups is 2. The van der Waals surface area contributed by atoms with Gasteiger partial charge < -0.3 is 5.32 Å². The Morgan fingerprint density at radius 3 is 2.49 bits per heavy atom. The zero-order valence-electron chi connectivity index (χ0n) is 21.0. The fourth-order valence-corrected chi connectivity index (χ4v) is 4.69. The van der Waals surface area contributed by atoms with E-state index in [2.05, 4.69) is 27.1 Å². The minimum atomic E-state index is -4.58. The van der Waals surface area contributed by atoms with Crippen LogP contribution in [0.1, 0.15) is 34.3 Å². The molecule has 5 rings (SSSR count). The van der Waals surface area contributed by atoms with Gasteiger partial charge in [0.2, 0.25) is 11.9 Å². The Hall–Kier alpha value is -4.44. The second-order valence-corrected chi connectivity index (χ2v) is 9.35. The van der Waals surface area contributed by atoms with Crippen molar-refractivity contribution in [1.29, 1.82) is 0 Å². The molecular weight excluding hydrogens is 507 g/mol. The number of nitrogens with zero attached hydrogens (tertiary/aromatic N) is 3. The number of likely N-dealkylation sites (tertiary alicyclic amines) is 1. The topological polar surface area (TPSA) is 79.3 Å². The van der Waals surface area contributed by atoms with Crippen LogP contribution in [0.3, 0.4) is 0 Å². The molecule has 0 spiro atoms. The van der Waals surface area contributed by atoms with Gasteiger partial charge in [-0.25, -0.2) is 4.98 Å². The molecular formula is C29H26F3N5O2. The van der Waals surface area contributed by atoms with E-state index in [-0.39, 0.29) is 17.4 Å². The summed E-state index contributed by atoms with van der Waals surface area (Å²) in [5.41, 5.74) is 2.40. The third kappa shape index (κ3) is 5.85. The van der Waals surface area contributed by atoms with E-state index in [1.165, 1.54) is 25.0 Å². The monoisotopic (exact) mass is 533 g/mol. The van der Waals surface area contributed by atoms with E-state index in [0.717, 1.165) is 43.4 Å². The number of aromatic nitrogens is 2. The Labute approximate surface area is 222 Å². The van der Waals surface area contributed by atoms with Crippen molar-refractivity contribution in [3.05, 3.63) is 96.1 Å². The van der Waals surface area contributed by atoms with Gasteiger partial charge in [0.1, 0.15) is 0 Å². The number of carbonyl (C=O) groups excluding carboxylic acids is 2. The van der Waals surface area contributed by atoms with Gasteiger partial charge in [-0.15, -0.1) is 0 Å². The standard InChI is InChI=1S/C29H26F3N5O2/c1-2-26(38)33-22-9-6-10-23(17-22)37-25-12-11-19(18-36-13-3-4-14-36)15-24(25)34-28(37)35-27(39)20-7-5-8-21(16-20)29(30,31)32/h2,5-12,15-17H,1,3-4,13-14,18H2,(H,33,38)(H,34,35,39). The van der Waals surface area contributed by atoms with Crippen LogP contribution < -0.4 is 10.6 Å². The lowest BCUT2D eigenvalue weighted by Gasteiger charge is -2.15. The van der Waals surface area contributed by atoms with Gasteiger partial charge in [-0.3, -0.25) is 24.4 Å². The summed E-state index contributed by atoms with van der Waals surface area (Å²) in [6, 6.07) is 17.0. The molecule has 2 amide bonds. The molecule has 0 radical (unpaired) electrons. The maximum Gasteiger partial charge on any atom is 0.416 e. The number of hydrogen-bond donors (Lipinski definition) is 2. The van der Waals surface area contributed by atoms with E-state index in [4.69, 9.17) is 0 Å². The number of imidazole rings is 1. The lowest BCUT2D eigenvalue weighted by Crippen LogP contribution is -2.18. The Balaban J connectivity index is 1.55. The predicted octanol–water partition coefficient (Wildman–Crippen LogP) is 6.02. The Morgan fingerprint density at radius 1 is 0.974 bits per heavy atom. The second kappa shape index (κ2) is 10.7. The number of rotatable bonds is 7. The highest BCUT2D eigenvalue weighted by molar-refractivity contribution is 6.04. The van der Waals surface area contributed by atoms with E-state index in [9.17, 15) is 22.8 Å². The van der Waals surface area contributed by atoms with Crippen LogP contribution in [0.2, 0.25) is 0 Å². The normalized spacial score (nSPS) is 13.9. The number of benzene rings is 3. The number of anilines is 2. The van der Waals surface area contributed by atoms with Crippen molar-refractivity contribution in [2.45, 2.75) is 25.6 Å². The first-order valence-electron chi connectivity index (χ1n) is 12.5. The van der Waals surface area contributed by atoms with Crippen molar-refractivity contribution in [1.82, 2.24) is 14.5 Å². The van der Waals surface area contributed by atoms with Gasteiger partial charge in [-0.2, -0.15) is 13.2 Å². The second-order valence-electron chi connectivity index (χ2n) is 9.35. The first kappa shape index (κ1) is 26.2. The van der Waals surface area contributed by atoms with Gasteiger partial charge in [0.25, 0.3) is 5.91 Å². The first-order chi connectivity index (χ1) is 18.7. The van der Waals surface area contributed by atoms with Crippen LogP contribution in [0.15, 0.2) is 79.4 Å². The van der Waals surface area contributed by atoms with Crippen LogP contribution in [-0.4, -0.2) is 39.4 Å². The highest BCUT2D eigenvalue weighted by Crippen LogP contribution is 2.31. The van der Waals surface area contributed by atoms with Gasteiger partial charge in [0, 0.05) is 17.8 Å². The van der Waals surface area contributed by atoms with Crippen LogP contribution in [-0.2, 0) is 17.5 Å². The summed E-state index contributed by atoms with van der Waals surface area (Å²) >= 11 is 0. The number of alkyl halides is 3. The third-order valence-electron chi connectivity index (χ3n) is 6.56. The van der Waals surface area contributed by atoms with E-state index in [1.54, 1.807) is 28.8 Å². The zero-order valence-corrected chi connectivity index (χ0v) is 21.0. The summed E-state index contributed by atoms with van der Waals surface area (Å²) in [5.74, 6) is -0.976. The largest absolute Gasteiger partial charge is 0.416 e. The van der Waals surface area contributed by atoms with Crippen molar-refractivity contribution in [2.24, 2.45) is 0 Å². The SMILES string of the molecule is C=CC(=O)Nc1cccc(-n2c(NC(=O)c3cccc(C(F)(F)F)c3)nc3cc(CN4CCCC4)ccc32)c1. The fraction of sp³-hybridized carbons (Fsp3) is 0.207. The minimum Gasteiger partial charge on any atom is -0.322 e. The summed E-state index contributed by atoms with van der Waals surface area (Å²) in [6.45, 7) is 6.31. The molecule has 1 aromatic heterocycles. The number of fused-ring (bicyclic) bond motifs is 1. The first-order valence-corrected chi connectivity index (χ1v) is 12.5. The third-order valence-corrected chi connectivity index (χ3v) is 6.56. The smallest absolute Gasteiger partial charge is 0.322 e. The molecule has 7 nitrogen and oxygen atoms in total. The number of nitrogens with one attached hydrogen (secondary N) is 2. The highest BCUT2D eigenvalue weighted by Gasteiger charge is 2.31. The number of halogens is 3. The van der Waals surface area contributed by atoms with Crippen molar-refractivity contribution in [3.63, 3.8) is 0 Å². The molecule has 39 heavy (non-hydrogen) atoms. The average Bonchev–Trinajstić information content (AvgIpc) is 3.55. The quantitative estimate of drug-likeness (QED) is 0.285. The lowest BCUT2D eigenvalue weighted by atomic mass is 10.1. The van der Waals surface area contributed by atoms with Crippen molar-refractivity contribution in [2.75, 3.05) is 23.7 Å². The summed E-state index contributed by atoms with van der Waals surface area (Å²) in [6.07, 6.45) is -1.09. The molecule has 10 heteroatoms. The molecule has 200 valence electrons. The molecule has 0 atom stereocenters. The van der Waals surface area contributed by atoms with Crippen molar-refractivity contribution >= 4 is 34.5 Å². The van der Waals surface area contributed by atoms with Gasteiger partial charge in [0.15, 0.2) is 0 Å². The van der Waals surface area contributed by atoms with Gasteiger partial charge in [-0.05, 0) is 86.1 Å². The van der Waals surface area contributed by atoms with E-state index < -0.39 is 17.6 Å². The maximum absolute atomic E-state index is 13.2. The van der Waals surface area contributed by atoms with E-state index >= 15 is 0 Å². The van der Waals surface area contributed by atoms with Crippen LogP contribution in [0.25, 0.3) is 16.7 Å². The maximum atomic E-state index is 13.2. The molecule has 2 N–H and O–H groups in total. The minimum absolute atomic E-state index is 0.137. The van der Waals surface area contributed by atoms with E-state index in [1.807, 2.05) is 18.2 Å². The molecule has 0 bridgehead atoms. The van der Waals surface area contributed by atoms with Crippen LogP contribution in [0, 0.1) is 0 Å². The number of amides is 2. The summed E-state index contributed by atoms with van der Waals surface area (Å²) in [7, 11) is 0. The lowest BCUT2D eigenvalue weighted by molar-refractivity contribution is -0.137. The molecule has 1 aliphatic rings. The molecule has 1 saturated heterocycles. The molecule has 4 aromatic rings. The van der Waals surface area contributed by atoms with Crippen molar-refractivity contribution in [3.8, 4) is 5.69 Å². The van der Waals surface area contributed by atoms with Gasteiger partial charge >= 0.3 is 6.18 Å². The molecule has 2 heterocycles. The Bertz CT molecular complexity index is 1550. The Kier molecular flexibility index (Phi) is 7.21. The van der Waals surface area contributed by atoms with Gasteiger partial charge in [0.05, 0.1) is 22.3 Å². The summed E-state index contributed by atoms with van der Waals surface area (Å²) < 4.78 is 41.4. The van der Waals surface area contributed by atoms with Crippen LogP contribution in [0.4, 0.5) is 24.8 Å². The van der Waals surface area contributed by atoms with Crippen molar-refractivity contribution < 1.29 is 22.8 Å². The molecule has 1 fully saturated rings. The zero-order chi connectivity index (χ0) is 27.6. The highest BCUT2D eigenvalue weighted by atomic mass is 19.4. The molecule has 1 aliphatic heterocycles.